The van der Waals surface area contributed by atoms with Crippen molar-refractivity contribution in [3.63, 3.8) is 0 Å². The molecule has 2 aromatic carbocycles. The van der Waals surface area contributed by atoms with Gasteiger partial charge in [0.1, 0.15) is 0 Å². The molecule has 0 amide bonds. The van der Waals surface area contributed by atoms with E-state index in [0.29, 0.717) is 11.8 Å². The van der Waals surface area contributed by atoms with Crippen molar-refractivity contribution in [1.29, 1.82) is 0 Å². The van der Waals surface area contributed by atoms with Gasteiger partial charge < -0.3 is 0 Å². The summed E-state index contributed by atoms with van der Waals surface area (Å²) in [7, 11) is 0. The Labute approximate surface area is 145 Å². The molecule has 0 aromatic heterocycles. The lowest BCUT2D eigenvalue weighted by Gasteiger charge is -2.47. The second-order valence-corrected chi connectivity index (χ2v) is 7.75. The topological polar surface area (TPSA) is 17.1 Å². The number of aryl methyl sites for hydroxylation is 1. The summed E-state index contributed by atoms with van der Waals surface area (Å²) in [4.78, 5) is 12.5. The second-order valence-electron chi connectivity index (χ2n) is 7.75. The molecule has 1 nitrogen and oxygen atoms in total. The number of benzene rings is 2. The molecule has 2 aromatic rings. The molecule has 0 spiro atoms. The predicted molar refractivity (Wildman–Crippen MR) is 98.4 cm³/mol. The molecule has 3 saturated carbocycles. The van der Waals surface area contributed by atoms with Crippen LogP contribution in [0.5, 0.6) is 0 Å². The van der Waals surface area contributed by atoms with E-state index in [1.165, 1.54) is 49.7 Å². The van der Waals surface area contributed by atoms with Gasteiger partial charge in [-0.25, -0.2) is 0 Å². The first-order valence-corrected chi connectivity index (χ1v) is 9.43. The Bertz CT molecular complexity index is 677. The zero-order valence-electron chi connectivity index (χ0n) is 14.3. The van der Waals surface area contributed by atoms with Gasteiger partial charge >= 0.3 is 0 Å². The highest BCUT2D eigenvalue weighted by Gasteiger charge is 2.41. The lowest BCUT2D eigenvalue weighted by atomic mass is 9.58. The average Bonchev–Trinajstić information content (AvgIpc) is 2.68. The van der Waals surface area contributed by atoms with Crippen LogP contribution in [0.4, 0.5) is 0 Å². The lowest BCUT2D eigenvalue weighted by Crippen LogP contribution is -2.37. The van der Waals surface area contributed by atoms with Crippen LogP contribution in [0.15, 0.2) is 54.6 Å². The molecule has 3 fully saturated rings. The van der Waals surface area contributed by atoms with E-state index in [2.05, 4.69) is 36.4 Å². The number of carbonyl (C=O) groups excluding carboxylic acids is 1. The van der Waals surface area contributed by atoms with Gasteiger partial charge in [0.15, 0.2) is 5.78 Å². The smallest absolute Gasteiger partial charge is 0.163 e. The van der Waals surface area contributed by atoms with Crippen molar-refractivity contribution in [3.05, 3.63) is 71.3 Å². The van der Waals surface area contributed by atoms with Crippen molar-refractivity contribution in [1.82, 2.24) is 0 Å². The highest BCUT2D eigenvalue weighted by atomic mass is 16.1. The minimum absolute atomic E-state index is 0.259. The molecule has 0 unspecified atom stereocenters. The fraction of sp³-hybridized carbons (Fsp3) is 0.435. The van der Waals surface area contributed by atoms with Gasteiger partial charge in [-0.2, -0.15) is 0 Å². The van der Waals surface area contributed by atoms with E-state index in [4.69, 9.17) is 0 Å². The summed E-state index contributed by atoms with van der Waals surface area (Å²) >= 11 is 0. The zero-order chi connectivity index (χ0) is 16.4. The summed E-state index contributed by atoms with van der Waals surface area (Å²) in [5, 5.41) is 0. The van der Waals surface area contributed by atoms with Gasteiger partial charge in [0, 0.05) is 12.0 Å². The first kappa shape index (κ1) is 15.6. The fourth-order valence-electron chi connectivity index (χ4n) is 4.74. The number of hydrogen-bond donors (Lipinski definition) is 0. The van der Waals surface area contributed by atoms with Gasteiger partial charge in [0.25, 0.3) is 0 Å². The van der Waals surface area contributed by atoms with Gasteiger partial charge in [-0.1, -0.05) is 54.6 Å². The first-order chi connectivity index (χ1) is 11.8. The summed E-state index contributed by atoms with van der Waals surface area (Å²) in [6, 6.07) is 18.9. The quantitative estimate of drug-likeness (QED) is 0.644. The molecule has 3 aliphatic carbocycles. The number of Topliss-reactive ketones (excluding diaryl/α,β-unsaturated/α-hetero) is 1. The molecule has 0 aliphatic heterocycles. The van der Waals surface area contributed by atoms with E-state index >= 15 is 0 Å². The van der Waals surface area contributed by atoms with E-state index < -0.39 is 0 Å². The number of fused-ring (bicyclic) bond motifs is 3. The normalized spacial score (nSPS) is 25.6. The number of ketones is 1. The summed E-state index contributed by atoms with van der Waals surface area (Å²) in [5.74, 6) is 1.25. The van der Waals surface area contributed by atoms with Crippen molar-refractivity contribution in [3.8, 4) is 0 Å². The van der Waals surface area contributed by atoms with Crippen molar-refractivity contribution in [2.75, 3.05) is 0 Å². The minimum Gasteiger partial charge on any atom is -0.294 e. The molecule has 1 heteroatoms. The third-order valence-electron chi connectivity index (χ3n) is 6.40. The monoisotopic (exact) mass is 318 g/mol. The number of carbonyl (C=O) groups is 1. The maximum atomic E-state index is 12.5. The maximum Gasteiger partial charge on any atom is 0.163 e. The summed E-state index contributed by atoms with van der Waals surface area (Å²) < 4.78 is 0. The lowest BCUT2D eigenvalue weighted by molar-refractivity contribution is 0.0982. The van der Waals surface area contributed by atoms with Crippen LogP contribution in [0.25, 0.3) is 0 Å². The molecule has 0 radical (unpaired) electrons. The third-order valence-corrected chi connectivity index (χ3v) is 6.40. The molecular formula is C23H26O. The van der Waals surface area contributed by atoms with E-state index in [9.17, 15) is 4.79 Å². The summed E-state index contributed by atoms with van der Waals surface area (Å²) in [5.41, 5.74) is 4.00. The van der Waals surface area contributed by atoms with Crippen LogP contribution in [0, 0.1) is 5.92 Å². The molecule has 0 heterocycles. The zero-order valence-corrected chi connectivity index (χ0v) is 14.3. The van der Waals surface area contributed by atoms with Crippen molar-refractivity contribution in [2.45, 2.75) is 56.8 Å². The Morgan fingerprint density at radius 1 is 0.875 bits per heavy atom. The minimum atomic E-state index is 0.259. The Kier molecular flexibility index (Phi) is 4.26. The molecule has 24 heavy (non-hydrogen) atoms. The van der Waals surface area contributed by atoms with Crippen LogP contribution in [-0.4, -0.2) is 5.78 Å². The standard InChI is InChI=1S/C23H26O/c24-22(11-6-18-4-2-1-3-5-18)20-7-9-21(10-8-20)23-15-12-19(13-16-23)14-17-23/h1-5,7-10,19H,6,11-17H2. The molecule has 5 rings (SSSR count). The molecule has 3 aliphatic rings. The molecule has 0 atom stereocenters. The van der Waals surface area contributed by atoms with Gasteiger partial charge in [-0.05, 0) is 67.4 Å². The highest BCUT2D eigenvalue weighted by molar-refractivity contribution is 5.96. The average molecular weight is 318 g/mol. The molecular weight excluding hydrogens is 292 g/mol. The van der Waals surface area contributed by atoms with Gasteiger partial charge in [-0.3, -0.25) is 4.79 Å². The molecule has 124 valence electrons. The fourth-order valence-corrected chi connectivity index (χ4v) is 4.74. The number of rotatable bonds is 5. The summed E-state index contributed by atoms with van der Waals surface area (Å²) in [6.07, 6.45) is 9.66. The highest BCUT2D eigenvalue weighted by Crippen LogP contribution is 2.51. The third kappa shape index (κ3) is 3.05. The van der Waals surface area contributed by atoms with Crippen LogP contribution in [0.3, 0.4) is 0 Å². The van der Waals surface area contributed by atoms with Crippen LogP contribution >= 0.6 is 0 Å². The van der Waals surface area contributed by atoms with E-state index in [0.717, 1.165) is 17.9 Å². The largest absolute Gasteiger partial charge is 0.294 e. The van der Waals surface area contributed by atoms with E-state index in [-0.39, 0.29) is 5.78 Å². The van der Waals surface area contributed by atoms with E-state index in [1.807, 2.05) is 18.2 Å². The Hall–Kier alpha value is -1.89. The summed E-state index contributed by atoms with van der Waals surface area (Å²) in [6.45, 7) is 0. The molecule has 0 N–H and O–H groups in total. The first-order valence-electron chi connectivity index (χ1n) is 9.43. The van der Waals surface area contributed by atoms with Crippen LogP contribution in [-0.2, 0) is 11.8 Å². The Balaban J connectivity index is 1.43. The van der Waals surface area contributed by atoms with Crippen molar-refractivity contribution < 1.29 is 4.79 Å². The SMILES string of the molecule is O=C(CCc1ccccc1)c1ccc(C23CCC(CC2)CC3)cc1. The molecule has 0 saturated heterocycles. The number of hydrogen-bond acceptors (Lipinski definition) is 1. The second kappa shape index (κ2) is 6.55. The van der Waals surface area contributed by atoms with Gasteiger partial charge in [0.05, 0.1) is 0 Å². The van der Waals surface area contributed by atoms with Crippen LogP contribution in [0.2, 0.25) is 0 Å². The Morgan fingerprint density at radius 2 is 1.50 bits per heavy atom. The predicted octanol–water partition coefficient (Wildman–Crippen LogP) is 5.72. The van der Waals surface area contributed by atoms with Crippen LogP contribution < -0.4 is 0 Å². The van der Waals surface area contributed by atoms with Crippen molar-refractivity contribution >= 4 is 5.78 Å². The van der Waals surface area contributed by atoms with Crippen molar-refractivity contribution in [2.24, 2.45) is 5.92 Å². The maximum absolute atomic E-state index is 12.5. The van der Waals surface area contributed by atoms with Gasteiger partial charge in [-0.15, -0.1) is 0 Å². The van der Waals surface area contributed by atoms with Crippen LogP contribution in [0.1, 0.15) is 66.4 Å². The molecule has 2 bridgehead atoms. The Morgan fingerprint density at radius 3 is 2.12 bits per heavy atom. The van der Waals surface area contributed by atoms with E-state index in [1.54, 1.807) is 0 Å². The van der Waals surface area contributed by atoms with Gasteiger partial charge in [0.2, 0.25) is 0 Å².